The molecule has 0 aliphatic heterocycles. The lowest BCUT2D eigenvalue weighted by Crippen LogP contribution is -2.23. The van der Waals surface area contributed by atoms with Gasteiger partial charge in [-0.2, -0.15) is 5.26 Å². The quantitative estimate of drug-likeness (QED) is 0.865. The highest BCUT2D eigenvalue weighted by atomic mass is 14.9. The fourth-order valence-electron chi connectivity index (χ4n) is 2.86. The van der Waals surface area contributed by atoms with Gasteiger partial charge >= 0.3 is 0 Å². The lowest BCUT2D eigenvalue weighted by Gasteiger charge is -2.08. The molecule has 1 aromatic carbocycles. The Balaban J connectivity index is 1.97. The molecule has 0 radical (unpaired) electrons. The molecule has 18 heavy (non-hydrogen) atoms. The molecule has 1 saturated carbocycles. The van der Waals surface area contributed by atoms with Gasteiger partial charge in [0.05, 0.1) is 11.6 Å². The molecule has 3 atom stereocenters. The third kappa shape index (κ3) is 1.70. The number of rotatable bonds is 3. The second-order valence-electron chi connectivity index (χ2n) is 5.20. The summed E-state index contributed by atoms with van der Waals surface area (Å²) in [5.41, 5.74) is 3.24. The molecule has 1 aliphatic carbocycles. The van der Waals surface area contributed by atoms with E-state index in [0.29, 0.717) is 12.0 Å². The minimum absolute atomic E-state index is 0.555. The molecule has 0 amide bonds. The van der Waals surface area contributed by atoms with Crippen LogP contribution in [0.15, 0.2) is 24.4 Å². The van der Waals surface area contributed by atoms with Crippen molar-refractivity contribution in [3.8, 4) is 6.07 Å². The van der Waals surface area contributed by atoms with Crippen LogP contribution in [0.3, 0.4) is 0 Å². The van der Waals surface area contributed by atoms with Gasteiger partial charge in [0.2, 0.25) is 0 Å². The number of benzene rings is 1. The van der Waals surface area contributed by atoms with Crippen LogP contribution in [0.4, 0.5) is 0 Å². The van der Waals surface area contributed by atoms with Crippen LogP contribution in [0.5, 0.6) is 0 Å². The monoisotopic (exact) mass is 239 g/mol. The van der Waals surface area contributed by atoms with Crippen LogP contribution in [-0.4, -0.2) is 18.1 Å². The maximum Gasteiger partial charge on any atom is 0.0991 e. The second kappa shape index (κ2) is 4.15. The molecular weight excluding hydrogens is 222 g/mol. The van der Waals surface area contributed by atoms with E-state index in [1.165, 1.54) is 17.4 Å². The van der Waals surface area contributed by atoms with Crippen molar-refractivity contribution in [2.45, 2.75) is 25.3 Å². The predicted molar refractivity (Wildman–Crippen MR) is 72.4 cm³/mol. The zero-order chi connectivity index (χ0) is 12.7. The largest absolute Gasteiger partial charge is 0.361 e. The van der Waals surface area contributed by atoms with Gasteiger partial charge in [0, 0.05) is 23.1 Å². The number of aromatic amines is 1. The first-order valence-corrected chi connectivity index (χ1v) is 6.43. The molecule has 0 spiro atoms. The maximum absolute atomic E-state index is 8.99. The summed E-state index contributed by atoms with van der Waals surface area (Å²) in [5, 5.41) is 13.5. The van der Waals surface area contributed by atoms with Crippen LogP contribution >= 0.6 is 0 Å². The Bertz CT molecular complexity index is 620. The molecule has 1 aliphatic rings. The number of H-pyrrole nitrogens is 1. The zero-order valence-electron chi connectivity index (χ0n) is 10.7. The molecule has 3 heteroatoms. The fourth-order valence-corrected chi connectivity index (χ4v) is 2.86. The van der Waals surface area contributed by atoms with Crippen LogP contribution in [-0.2, 0) is 0 Å². The number of nitrogens with zero attached hydrogens (tertiary/aromatic N) is 1. The summed E-state index contributed by atoms with van der Waals surface area (Å²) in [5.74, 6) is 1.36. The standard InChI is InChI=1S/C15H17N3/c1-9(17-2)11-6-12(11)14-8-18-15-4-3-10(7-16)5-13(14)15/h3-5,8-9,11-12,17-18H,6H2,1-2H3. The minimum atomic E-state index is 0.555. The van der Waals surface area contributed by atoms with E-state index in [2.05, 4.69) is 29.5 Å². The summed E-state index contributed by atoms with van der Waals surface area (Å²) >= 11 is 0. The van der Waals surface area contributed by atoms with Gasteiger partial charge in [0.25, 0.3) is 0 Å². The Labute approximate surface area is 107 Å². The number of aromatic nitrogens is 1. The van der Waals surface area contributed by atoms with Crippen molar-refractivity contribution in [2.75, 3.05) is 7.05 Å². The van der Waals surface area contributed by atoms with Gasteiger partial charge in [-0.1, -0.05) is 0 Å². The molecule has 2 aromatic rings. The highest BCUT2D eigenvalue weighted by Crippen LogP contribution is 2.51. The number of hydrogen-bond acceptors (Lipinski definition) is 2. The first-order valence-electron chi connectivity index (χ1n) is 6.43. The molecule has 1 aromatic heterocycles. The van der Waals surface area contributed by atoms with E-state index < -0.39 is 0 Å². The van der Waals surface area contributed by atoms with E-state index in [0.717, 1.165) is 17.0 Å². The lowest BCUT2D eigenvalue weighted by molar-refractivity contribution is 0.535. The van der Waals surface area contributed by atoms with Gasteiger partial charge in [0.15, 0.2) is 0 Å². The third-order valence-corrected chi connectivity index (χ3v) is 4.18. The zero-order valence-corrected chi connectivity index (χ0v) is 10.7. The van der Waals surface area contributed by atoms with Gasteiger partial charge in [-0.05, 0) is 56.0 Å². The van der Waals surface area contributed by atoms with Gasteiger partial charge in [-0.3, -0.25) is 0 Å². The van der Waals surface area contributed by atoms with E-state index in [-0.39, 0.29) is 0 Å². The Hall–Kier alpha value is -1.79. The first-order chi connectivity index (χ1) is 8.74. The van der Waals surface area contributed by atoms with Crippen LogP contribution in [0.1, 0.15) is 30.4 Å². The average Bonchev–Trinajstić information content (AvgIpc) is 3.10. The molecule has 92 valence electrons. The SMILES string of the molecule is CNC(C)C1CC1c1c[nH]c2ccc(C#N)cc12. The molecule has 3 unspecified atom stereocenters. The molecule has 0 saturated heterocycles. The summed E-state index contributed by atoms with van der Waals surface area (Å²) < 4.78 is 0. The molecule has 1 fully saturated rings. The predicted octanol–water partition coefficient (Wildman–Crippen LogP) is 2.75. The van der Waals surface area contributed by atoms with Crippen molar-refractivity contribution < 1.29 is 0 Å². The molecule has 3 nitrogen and oxygen atoms in total. The Kier molecular flexibility index (Phi) is 2.61. The van der Waals surface area contributed by atoms with Gasteiger partial charge in [-0.25, -0.2) is 0 Å². The highest BCUT2D eigenvalue weighted by Gasteiger charge is 2.42. The topological polar surface area (TPSA) is 51.6 Å². The minimum Gasteiger partial charge on any atom is -0.361 e. The molecule has 0 bridgehead atoms. The van der Waals surface area contributed by atoms with Crippen molar-refractivity contribution in [1.29, 1.82) is 5.26 Å². The lowest BCUT2D eigenvalue weighted by atomic mass is 10.0. The summed E-state index contributed by atoms with van der Waals surface area (Å²) in [6, 6.07) is 8.63. The van der Waals surface area contributed by atoms with Crippen molar-refractivity contribution in [3.05, 3.63) is 35.5 Å². The Morgan fingerprint density at radius 1 is 1.50 bits per heavy atom. The van der Waals surface area contributed by atoms with Crippen LogP contribution < -0.4 is 5.32 Å². The first kappa shape index (κ1) is 11.3. The number of fused-ring (bicyclic) bond motifs is 1. The highest BCUT2D eigenvalue weighted by molar-refractivity contribution is 5.85. The molecule has 1 heterocycles. The Morgan fingerprint density at radius 2 is 2.33 bits per heavy atom. The van der Waals surface area contributed by atoms with E-state index in [4.69, 9.17) is 5.26 Å². The third-order valence-electron chi connectivity index (χ3n) is 4.18. The van der Waals surface area contributed by atoms with Crippen LogP contribution in [0.2, 0.25) is 0 Å². The van der Waals surface area contributed by atoms with Crippen molar-refractivity contribution in [3.63, 3.8) is 0 Å². The normalized spacial score (nSPS) is 23.8. The van der Waals surface area contributed by atoms with E-state index in [9.17, 15) is 0 Å². The van der Waals surface area contributed by atoms with Gasteiger partial charge in [0.1, 0.15) is 0 Å². The number of nitriles is 1. The molecular formula is C15H17N3. The van der Waals surface area contributed by atoms with Gasteiger partial charge in [-0.15, -0.1) is 0 Å². The maximum atomic E-state index is 8.99. The van der Waals surface area contributed by atoms with Crippen LogP contribution in [0.25, 0.3) is 10.9 Å². The molecule has 2 N–H and O–H groups in total. The van der Waals surface area contributed by atoms with Crippen LogP contribution in [0, 0.1) is 17.2 Å². The number of hydrogen-bond donors (Lipinski definition) is 2. The smallest absolute Gasteiger partial charge is 0.0991 e. The molecule has 3 rings (SSSR count). The Morgan fingerprint density at radius 3 is 3.06 bits per heavy atom. The van der Waals surface area contributed by atoms with E-state index >= 15 is 0 Å². The fraction of sp³-hybridized carbons (Fsp3) is 0.400. The summed E-state index contributed by atoms with van der Waals surface area (Å²) in [6.07, 6.45) is 3.35. The second-order valence-corrected chi connectivity index (χ2v) is 5.20. The van der Waals surface area contributed by atoms with E-state index in [1.54, 1.807) is 0 Å². The summed E-state index contributed by atoms with van der Waals surface area (Å²) in [7, 11) is 2.02. The van der Waals surface area contributed by atoms with Gasteiger partial charge < -0.3 is 10.3 Å². The summed E-state index contributed by atoms with van der Waals surface area (Å²) in [6.45, 7) is 2.24. The average molecular weight is 239 g/mol. The number of nitrogens with one attached hydrogen (secondary N) is 2. The van der Waals surface area contributed by atoms with Crippen molar-refractivity contribution in [1.82, 2.24) is 10.3 Å². The van der Waals surface area contributed by atoms with Crippen molar-refractivity contribution in [2.24, 2.45) is 5.92 Å². The van der Waals surface area contributed by atoms with Crippen molar-refractivity contribution >= 4 is 10.9 Å². The summed E-state index contributed by atoms with van der Waals surface area (Å²) in [4.78, 5) is 3.31. The van der Waals surface area contributed by atoms with E-state index in [1.807, 2.05) is 25.2 Å².